The van der Waals surface area contributed by atoms with Crippen molar-refractivity contribution < 1.29 is 23.1 Å². The molecule has 1 aromatic carbocycles. The minimum absolute atomic E-state index is 0.0195. The van der Waals surface area contributed by atoms with Crippen molar-refractivity contribution in [1.29, 1.82) is 0 Å². The van der Waals surface area contributed by atoms with Crippen molar-refractivity contribution in [3.05, 3.63) is 35.9 Å². The highest BCUT2D eigenvalue weighted by Crippen LogP contribution is 2.23. The van der Waals surface area contributed by atoms with E-state index in [9.17, 15) is 23.1 Å². The Morgan fingerprint density at radius 3 is 2.62 bits per heavy atom. The summed E-state index contributed by atoms with van der Waals surface area (Å²) in [7, 11) is 0. The fourth-order valence-corrected chi connectivity index (χ4v) is 2.97. The van der Waals surface area contributed by atoms with Gasteiger partial charge in [0.05, 0.1) is 19.0 Å². The Hall–Kier alpha value is -1.60. The van der Waals surface area contributed by atoms with E-state index >= 15 is 0 Å². The molecule has 0 aromatic heterocycles. The quantitative estimate of drug-likeness (QED) is 0.862. The summed E-state index contributed by atoms with van der Waals surface area (Å²) >= 11 is 0. The lowest BCUT2D eigenvalue weighted by Gasteiger charge is -2.33. The average molecular weight is 344 g/mol. The number of likely N-dealkylation sites (tertiary alicyclic amines) is 1. The van der Waals surface area contributed by atoms with E-state index in [2.05, 4.69) is 5.32 Å². The molecule has 2 unspecified atom stereocenters. The van der Waals surface area contributed by atoms with Crippen molar-refractivity contribution in [3.63, 3.8) is 0 Å². The Bertz CT molecular complexity index is 547. The van der Waals surface area contributed by atoms with Crippen LogP contribution in [0.2, 0.25) is 0 Å². The van der Waals surface area contributed by atoms with Gasteiger partial charge in [-0.15, -0.1) is 0 Å². The second kappa shape index (κ2) is 7.53. The zero-order valence-electron chi connectivity index (χ0n) is 13.6. The van der Waals surface area contributed by atoms with Gasteiger partial charge in [-0.3, -0.25) is 9.69 Å². The maximum absolute atomic E-state index is 12.5. The van der Waals surface area contributed by atoms with Crippen LogP contribution in [0, 0.1) is 5.92 Å². The molecule has 24 heavy (non-hydrogen) atoms. The van der Waals surface area contributed by atoms with Crippen LogP contribution < -0.4 is 5.32 Å². The molecular weight excluding hydrogens is 321 g/mol. The van der Waals surface area contributed by atoms with Gasteiger partial charge in [0.1, 0.15) is 5.60 Å². The summed E-state index contributed by atoms with van der Waals surface area (Å²) in [4.78, 5) is 13.5. The SMILES string of the molecule is CC(O)(CNC(=O)C1CCCN(CC(F)(F)F)C1)c1ccccc1. The number of halogens is 3. The van der Waals surface area contributed by atoms with E-state index in [1.165, 1.54) is 4.90 Å². The predicted molar refractivity (Wildman–Crippen MR) is 84.2 cm³/mol. The van der Waals surface area contributed by atoms with Gasteiger partial charge in [0.15, 0.2) is 0 Å². The molecule has 1 heterocycles. The second-order valence-electron chi connectivity index (χ2n) is 6.55. The van der Waals surface area contributed by atoms with Gasteiger partial charge in [-0.05, 0) is 31.9 Å². The van der Waals surface area contributed by atoms with Gasteiger partial charge >= 0.3 is 6.18 Å². The zero-order valence-corrected chi connectivity index (χ0v) is 13.6. The van der Waals surface area contributed by atoms with Crippen LogP contribution in [0.15, 0.2) is 30.3 Å². The molecule has 7 heteroatoms. The largest absolute Gasteiger partial charge is 0.401 e. The van der Waals surface area contributed by atoms with Crippen molar-refractivity contribution >= 4 is 5.91 Å². The lowest BCUT2D eigenvalue weighted by molar-refractivity contribution is -0.152. The van der Waals surface area contributed by atoms with Gasteiger partial charge < -0.3 is 10.4 Å². The molecule has 1 saturated heterocycles. The molecular formula is C17H23F3N2O2. The van der Waals surface area contributed by atoms with E-state index in [0.29, 0.717) is 24.9 Å². The minimum atomic E-state index is -4.25. The number of hydrogen-bond donors (Lipinski definition) is 2. The van der Waals surface area contributed by atoms with E-state index in [1.807, 2.05) is 6.07 Å². The third-order valence-electron chi connectivity index (χ3n) is 4.28. The van der Waals surface area contributed by atoms with Crippen LogP contribution in [0.5, 0.6) is 0 Å². The molecule has 0 radical (unpaired) electrons. The summed E-state index contributed by atoms with van der Waals surface area (Å²) in [5.74, 6) is -0.786. The Labute approximate surface area is 139 Å². The fourth-order valence-electron chi connectivity index (χ4n) is 2.97. The number of rotatable bonds is 5. The number of carbonyl (C=O) groups is 1. The molecule has 0 bridgehead atoms. The first-order valence-corrected chi connectivity index (χ1v) is 8.02. The van der Waals surface area contributed by atoms with E-state index < -0.39 is 24.2 Å². The summed E-state index contributed by atoms with van der Waals surface area (Å²) in [6.45, 7) is 1.08. The van der Waals surface area contributed by atoms with Crippen molar-refractivity contribution in [3.8, 4) is 0 Å². The number of alkyl halides is 3. The third-order valence-corrected chi connectivity index (χ3v) is 4.28. The van der Waals surface area contributed by atoms with Crippen LogP contribution in [0.4, 0.5) is 13.2 Å². The Morgan fingerprint density at radius 2 is 2.00 bits per heavy atom. The molecule has 0 aliphatic carbocycles. The van der Waals surface area contributed by atoms with E-state index in [0.717, 1.165) is 0 Å². The number of amides is 1. The topological polar surface area (TPSA) is 52.6 Å². The fraction of sp³-hybridized carbons (Fsp3) is 0.588. The number of benzene rings is 1. The maximum atomic E-state index is 12.5. The van der Waals surface area contributed by atoms with Crippen molar-refractivity contribution in [2.45, 2.75) is 31.5 Å². The summed E-state index contributed by atoms with van der Waals surface area (Å²) in [5.41, 5.74) is -0.551. The number of piperidine rings is 1. The Kier molecular flexibility index (Phi) is 5.87. The smallest absolute Gasteiger partial charge is 0.384 e. The molecule has 1 aliphatic heterocycles. The molecule has 2 N–H and O–H groups in total. The summed E-state index contributed by atoms with van der Waals surface area (Å²) in [6.07, 6.45) is -3.13. The number of nitrogens with one attached hydrogen (secondary N) is 1. The molecule has 1 amide bonds. The Morgan fingerprint density at radius 1 is 1.33 bits per heavy atom. The lowest BCUT2D eigenvalue weighted by atomic mass is 9.94. The van der Waals surface area contributed by atoms with Gasteiger partial charge in [0, 0.05) is 6.54 Å². The van der Waals surface area contributed by atoms with Gasteiger partial charge in [-0.25, -0.2) is 0 Å². The molecule has 4 nitrogen and oxygen atoms in total. The lowest BCUT2D eigenvalue weighted by Crippen LogP contribution is -2.48. The molecule has 2 atom stereocenters. The Balaban J connectivity index is 1.88. The first kappa shape index (κ1) is 18.7. The first-order chi connectivity index (χ1) is 11.2. The van der Waals surface area contributed by atoms with E-state index in [4.69, 9.17) is 0 Å². The van der Waals surface area contributed by atoms with Gasteiger partial charge in [-0.2, -0.15) is 13.2 Å². The monoisotopic (exact) mass is 344 g/mol. The zero-order chi connectivity index (χ0) is 17.8. The van der Waals surface area contributed by atoms with Crippen molar-refractivity contribution in [2.24, 2.45) is 5.92 Å². The van der Waals surface area contributed by atoms with Crippen molar-refractivity contribution in [1.82, 2.24) is 10.2 Å². The average Bonchev–Trinajstić information content (AvgIpc) is 2.52. The third kappa shape index (κ3) is 5.49. The van der Waals surface area contributed by atoms with Gasteiger partial charge in [0.25, 0.3) is 0 Å². The number of nitrogens with zero attached hydrogens (tertiary/aromatic N) is 1. The normalized spacial score (nSPS) is 22.0. The van der Waals surface area contributed by atoms with Crippen LogP contribution >= 0.6 is 0 Å². The minimum Gasteiger partial charge on any atom is -0.384 e. The van der Waals surface area contributed by atoms with Crippen LogP contribution in [-0.2, 0) is 10.4 Å². The number of hydrogen-bond acceptors (Lipinski definition) is 3. The second-order valence-corrected chi connectivity index (χ2v) is 6.55. The number of aliphatic hydroxyl groups is 1. The van der Waals surface area contributed by atoms with E-state index in [1.54, 1.807) is 31.2 Å². The van der Waals surface area contributed by atoms with Gasteiger partial charge in [-0.1, -0.05) is 30.3 Å². The van der Waals surface area contributed by atoms with Crippen LogP contribution in [0.1, 0.15) is 25.3 Å². The van der Waals surface area contributed by atoms with Crippen LogP contribution in [0.25, 0.3) is 0 Å². The maximum Gasteiger partial charge on any atom is 0.401 e. The summed E-state index contributed by atoms with van der Waals surface area (Å²) in [6, 6.07) is 8.94. The highest BCUT2D eigenvalue weighted by atomic mass is 19.4. The molecule has 0 saturated carbocycles. The highest BCUT2D eigenvalue weighted by Gasteiger charge is 2.35. The summed E-state index contributed by atoms with van der Waals surface area (Å²) < 4.78 is 37.5. The molecule has 1 fully saturated rings. The molecule has 2 rings (SSSR count). The highest BCUT2D eigenvalue weighted by molar-refractivity contribution is 5.79. The standard InChI is InChI=1S/C17H23F3N2O2/c1-16(24,14-7-3-2-4-8-14)11-21-15(23)13-6-5-9-22(10-13)12-17(18,19)20/h2-4,7-8,13,24H,5-6,9-12H2,1H3,(H,21,23). The first-order valence-electron chi connectivity index (χ1n) is 8.02. The summed E-state index contributed by atoms with van der Waals surface area (Å²) in [5, 5.41) is 13.1. The van der Waals surface area contributed by atoms with E-state index in [-0.39, 0.29) is 19.0 Å². The number of carbonyl (C=O) groups excluding carboxylic acids is 1. The van der Waals surface area contributed by atoms with Gasteiger partial charge in [0.2, 0.25) is 5.91 Å². The molecule has 0 spiro atoms. The molecule has 1 aliphatic rings. The predicted octanol–water partition coefficient (Wildman–Crippen LogP) is 2.28. The van der Waals surface area contributed by atoms with Crippen molar-refractivity contribution in [2.75, 3.05) is 26.2 Å². The van der Waals surface area contributed by atoms with Crippen LogP contribution in [0.3, 0.4) is 0 Å². The van der Waals surface area contributed by atoms with Crippen LogP contribution in [-0.4, -0.2) is 48.3 Å². The molecule has 1 aromatic rings. The molecule has 134 valence electrons.